The van der Waals surface area contributed by atoms with Crippen molar-refractivity contribution in [1.29, 1.82) is 0 Å². The third kappa shape index (κ3) is 2.49. The number of rotatable bonds is 4. The number of hydrogen-bond acceptors (Lipinski definition) is 2. The second-order valence-corrected chi connectivity index (χ2v) is 3.85. The van der Waals surface area contributed by atoms with Gasteiger partial charge in [-0.2, -0.15) is 0 Å². The highest BCUT2D eigenvalue weighted by Crippen LogP contribution is 2.31. The van der Waals surface area contributed by atoms with Gasteiger partial charge in [-0.3, -0.25) is 9.59 Å². The van der Waals surface area contributed by atoms with Crippen molar-refractivity contribution in [1.82, 2.24) is 0 Å². The van der Waals surface area contributed by atoms with Gasteiger partial charge in [0.05, 0.1) is 6.42 Å². The summed E-state index contributed by atoms with van der Waals surface area (Å²) in [6.45, 7) is 0. The Labute approximate surface area is 87.1 Å². The first-order valence-electron chi connectivity index (χ1n) is 4.98. The van der Waals surface area contributed by atoms with E-state index in [1.165, 1.54) is 24.3 Å². The first kappa shape index (κ1) is 10.0. The zero-order chi connectivity index (χ0) is 10.8. The molecule has 1 aliphatic rings. The molecule has 0 unspecified atom stereocenters. The largest absolute Gasteiger partial charge is 0.299 e. The van der Waals surface area contributed by atoms with Crippen molar-refractivity contribution in [3.8, 4) is 0 Å². The lowest BCUT2D eigenvalue weighted by molar-refractivity contribution is -0.119. The van der Waals surface area contributed by atoms with Gasteiger partial charge < -0.3 is 0 Å². The normalized spacial score (nSPS) is 15.0. The molecule has 0 heterocycles. The van der Waals surface area contributed by atoms with Crippen LogP contribution in [-0.2, 0) is 4.79 Å². The van der Waals surface area contributed by atoms with Crippen molar-refractivity contribution >= 4 is 11.6 Å². The molecule has 1 fully saturated rings. The van der Waals surface area contributed by atoms with Gasteiger partial charge in [-0.1, -0.05) is 0 Å². The molecule has 0 aromatic heterocycles. The van der Waals surface area contributed by atoms with E-state index in [-0.39, 0.29) is 29.7 Å². The zero-order valence-electron chi connectivity index (χ0n) is 8.20. The fraction of sp³-hybridized carbons (Fsp3) is 0.333. The Bertz CT molecular complexity index is 391. The molecule has 15 heavy (non-hydrogen) atoms. The van der Waals surface area contributed by atoms with Gasteiger partial charge in [-0.25, -0.2) is 4.39 Å². The minimum Gasteiger partial charge on any atom is -0.299 e. The Hall–Kier alpha value is -1.51. The van der Waals surface area contributed by atoms with E-state index >= 15 is 0 Å². The van der Waals surface area contributed by atoms with Crippen molar-refractivity contribution in [2.75, 3.05) is 0 Å². The molecule has 78 valence electrons. The molecule has 3 heteroatoms. The van der Waals surface area contributed by atoms with Crippen LogP contribution in [-0.4, -0.2) is 11.6 Å². The number of ketones is 2. The van der Waals surface area contributed by atoms with E-state index < -0.39 is 0 Å². The first-order valence-corrected chi connectivity index (χ1v) is 4.98. The van der Waals surface area contributed by atoms with Crippen LogP contribution in [0.5, 0.6) is 0 Å². The van der Waals surface area contributed by atoms with Gasteiger partial charge in [0.2, 0.25) is 0 Å². The van der Waals surface area contributed by atoms with Gasteiger partial charge in [0.15, 0.2) is 5.78 Å². The van der Waals surface area contributed by atoms with Gasteiger partial charge in [-0.05, 0) is 37.1 Å². The van der Waals surface area contributed by atoms with Crippen LogP contribution in [0.3, 0.4) is 0 Å². The van der Waals surface area contributed by atoms with Crippen LogP contribution < -0.4 is 0 Å². The summed E-state index contributed by atoms with van der Waals surface area (Å²) in [5, 5.41) is 0. The number of halogens is 1. The van der Waals surface area contributed by atoms with Crippen LogP contribution in [0, 0.1) is 11.7 Å². The van der Waals surface area contributed by atoms with Crippen LogP contribution in [0.4, 0.5) is 4.39 Å². The number of benzene rings is 1. The molecule has 0 aliphatic heterocycles. The number of hydrogen-bond donors (Lipinski definition) is 0. The number of Topliss-reactive ketones (excluding diaryl/α,β-unsaturated/α-hetero) is 2. The maximum atomic E-state index is 12.6. The fourth-order valence-corrected chi connectivity index (χ4v) is 1.45. The third-order valence-corrected chi connectivity index (χ3v) is 2.53. The van der Waals surface area contributed by atoms with Crippen molar-refractivity contribution in [2.24, 2.45) is 5.92 Å². The predicted octanol–water partition coefficient (Wildman–Crippen LogP) is 2.38. The van der Waals surface area contributed by atoms with Crippen molar-refractivity contribution in [2.45, 2.75) is 19.3 Å². The minimum absolute atomic E-state index is 0.0179. The van der Waals surface area contributed by atoms with Gasteiger partial charge in [0, 0.05) is 11.5 Å². The van der Waals surface area contributed by atoms with Crippen molar-refractivity contribution in [3.63, 3.8) is 0 Å². The van der Waals surface area contributed by atoms with Crippen LogP contribution in [0.25, 0.3) is 0 Å². The molecule has 1 aromatic rings. The summed E-state index contributed by atoms with van der Waals surface area (Å²) in [4.78, 5) is 22.9. The van der Waals surface area contributed by atoms with Crippen LogP contribution in [0.15, 0.2) is 24.3 Å². The maximum absolute atomic E-state index is 12.6. The highest BCUT2D eigenvalue weighted by atomic mass is 19.1. The topological polar surface area (TPSA) is 34.1 Å². The van der Waals surface area contributed by atoms with Crippen LogP contribution >= 0.6 is 0 Å². The first-order chi connectivity index (χ1) is 7.16. The van der Waals surface area contributed by atoms with Crippen molar-refractivity contribution < 1.29 is 14.0 Å². The predicted molar refractivity (Wildman–Crippen MR) is 53.1 cm³/mol. The fourth-order valence-electron chi connectivity index (χ4n) is 1.45. The molecule has 1 aliphatic carbocycles. The molecule has 0 bridgehead atoms. The molecule has 0 amide bonds. The highest BCUT2D eigenvalue weighted by Gasteiger charge is 2.30. The molecule has 2 rings (SSSR count). The average molecular weight is 206 g/mol. The number of carbonyl (C=O) groups is 2. The molecule has 0 atom stereocenters. The summed E-state index contributed by atoms with van der Waals surface area (Å²) in [7, 11) is 0. The highest BCUT2D eigenvalue weighted by molar-refractivity contribution is 6.08. The Morgan fingerprint density at radius 1 is 1.20 bits per heavy atom. The minimum atomic E-state index is -0.375. The quantitative estimate of drug-likeness (QED) is 0.560. The monoisotopic (exact) mass is 206 g/mol. The third-order valence-electron chi connectivity index (χ3n) is 2.53. The molecule has 1 saturated carbocycles. The standard InChI is InChI=1S/C12H11FO2/c13-10-5-3-9(4-6-10)12(15)7-11(14)8-1-2-8/h3-6,8H,1-2,7H2. The lowest BCUT2D eigenvalue weighted by Gasteiger charge is -1.99. The van der Waals surface area contributed by atoms with Gasteiger partial charge in [0.25, 0.3) is 0 Å². The summed E-state index contributed by atoms with van der Waals surface area (Å²) < 4.78 is 12.6. The van der Waals surface area contributed by atoms with Gasteiger partial charge in [0.1, 0.15) is 11.6 Å². The van der Waals surface area contributed by atoms with Gasteiger partial charge >= 0.3 is 0 Å². The molecule has 0 N–H and O–H groups in total. The zero-order valence-corrected chi connectivity index (χ0v) is 8.20. The van der Waals surface area contributed by atoms with Gasteiger partial charge in [-0.15, -0.1) is 0 Å². The molecular weight excluding hydrogens is 195 g/mol. The molecule has 0 saturated heterocycles. The van der Waals surface area contributed by atoms with E-state index in [0.717, 1.165) is 12.8 Å². The second-order valence-electron chi connectivity index (χ2n) is 3.85. The van der Waals surface area contributed by atoms with Crippen LogP contribution in [0.2, 0.25) is 0 Å². The van der Waals surface area contributed by atoms with E-state index in [1.807, 2.05) is 0 Å². The van der Waals surface area contributed by atoms with Crippen molar-refractivity contribution in [3.05, 3.63) is 35.6 Å². The van der Waals surface area contributed by atoms with E-state index in [2.05, 4.69) is 0 Å². The smallest absolute Gasteiger partial charge is 0.170 e. The molecule has 1 aromatic carbocycles. The Morgan fingerprint density at radius 3 is 2.33 bits per heavy atom. The van der Waals surface area contributed by atoms with Crippen LogP contribution in [0.1, 0.15) is 29.6 Å². The summed E-state index contributed by atoms with van der Waals surface area (Å²) >= 11 is 0. The van der Waals surface area contributed by atoms with E-state index in [0.29, 0.717) is 5.56 Å². The summed E-state index contributed by atoms with van der Waals surface area (Å²) in [6, 6.07) is 5.29. The molecule has 2 nitrogen and oxygen atoms in total. The second kappa shape index (κ2) is 3.93. The van der Waals surface area contributed by atoms with E-state index in [9.17, 15) is 14.0 Å². The Balaban J connectivity index is 2.00. The Kier molecular flexibility index (Phi) is 2.62. The SMILES string of the molecule is O=C(CC(=O)C1CC1)c1ccc(F)cc1. The Morgan fingerprint density at radius 2 is 1.80 bits per heavy atom. The summed E-state index contributed by atoms with van der Waals surface area (Å²) in [5.41, 5.74) is 0.408. The number of carbonyl (C=O) groups excluding carboxylic acids is 2. The molecule has 0 radical (unpaired) electrons. The van der Waals surface area contributed by atoms with E-state index in [4.69, 9.17) is 0 Å². The summed E-state index contributed by atoms with van der Waals surface area (Å²) in [5.74, 6) is -0.467. The summed E-state index contributed by atoms with van der Waals surface area (Å²) in [6.07, 6.45) is 1.78. The molecule has 0 spiro atoms. The maximum Gasteiger partial charge on any atom is 0.170 e. The average Bonchev–Trinajstić information content (AvgIpc) is 3.01. The van der Waals surface area contributed by atoms with E-state index in [1.54, 1.807) is 0 Å². The lowest BCUT2D eigenvalue weighted by Crippen LogP contribution is -2.09. The molecular formula is C12H11FO2. The lowest BCUT2D eigenvalue weighted by atomic mass is 10.0.